The molecule has 0 aliphatic heterocycles. The summed E-state index contributed by atoms with van der Waals surface area (Å²) in [7, 11) is 0. The van der Waals surface area contributed by atoms with Crippen LogP contribution in [0.4, 0.5) is 10.5 Å². The minimum atomic E-state index is -0.849. The first-order chi connectivity index (χ1) is 16.6. The first-order valence-electron chi connectivity index (χ1n) is 10.8. The summed E-state index contributed by atoms with van der Waals surface area (Å²) in [6.45, 7) is -0.116. The molecular weight excluding hydrogens is 436 g/mol. The lowest BCUT2D eigenvalue weighted by Crippen LogP contribution is -2.31. The number of carbonyl (C=O) groups is 1. The molecule has 0 saturated heterocycles. The van der Waals surface area contributed by atoms with Crippen LogP contribution in [-0.4, -0.2) is 42.2 Å². The smallest absolute Gasteiger partial charge is 0.412 e. The maximum atomic E-state index is 12.8. The number of carbonyl (C=O) groups excluding carboxylic acids is 1. The fourth-order valence-electron chi connectivity index (χ4n) is 3.24. The van der Waals surface area contributed by atoms with E-state index in [4.69, 9.17) is 24.6 Å². The summed E-state index contributed by atoms with van der Waals surface area (Å²) in [5, 5.41) is 30.2. The standard InChI is InChI=1S/C26H26N2O6/c27-18-19-6-10-21(11-7-19)28-26(31)34-25(20-8-12-22(13-9-20)32-17-16-30)24(14-15-29)33-23-4-2-1-3-5-23/h1-13,24-25,29-30H,14-17H2,(H,28,31)/t24-,25-/m0/s1. The van der Waals surface area contributed by atoms with E-state index in [1.54, 1.807) is 60.7 Å². The van der Waals surface area contributed by atoms with E-state index >= 15 is 0 Å². The third kappa shape index (κ3) is 7.24. The molecule has 3 rings (SSSR count). The quantitative estimate of drug-likeness (QED) is 0.393. The number of rotatable bonds is 11. The molecule has 0 aromatic heterocycles. The Bertz CT molecular complexity index is 1070. The third-order valence-corrected chi connectivity index (χ3v) is 4.85. The van der Waals surface area contributed by atoms with E-state index in [1.807, 2.05) is 24.3 Å². The van der Waals surface area contributed by atoms with Gasteiger partial charge in [0.25, 0.3) is 0 Å². The highest BCUT2D eigenvalue weighted by molar-refractivity contribution is 5.84. The van der Waals surface area contributed by atoms with Crippen molar-refractivity contribution in [2.45, 2.75) is 18.6 Å². The Balaban J connectivity index is 1.83. The minimum Gasteiger partial charge on any atom is -0.491 e. The van der Waals surface area contributed by atoms with Crippen LogP contribution in [0.3, 0.4) is 0 Å². The fraction of sp³-hybridized carbons (Fsp3) is 0.231. The van der Waals surface area contributed by atoms with E-state index in [2.05, 4.69) is 5.32 Å². The van der Waals surface area contributed by atoms with Crippen LogP contribution in [0, 0.1) is 11.3 Å². The van der Waals surface area contributed by atoms with Gasteiger partial charge < -0.3 is 24.4 Å². The number of para-hydroxylation sites is 1. The van der Waals surface area contributed by atoms with Gasteiger partial charge in [0.2, 0.25) is 0 Å². The molecule has 8 nitrogen and oxygen atoms in total. The van der Waals surface area contributed by atoms with E-state index in [0.717, 1.165) is 0 Å². The molecule has 8 heteroatoms. The topological polar surface area (TPSA) is 121 Å². The van der Waals surface area contributed by atoms with Crippen LogP contribution < -0.4 is 14.8 Å². The van der Waals surface area contributed by atoms with Crippen molar-refractivity contribution in [3.05, 3.63) is 90.0 Å². The van der Waals surface area contributed by atoms with Gasteiger partial charge in [-0.2, -0.15) is 5.26 Å². The molecule has 0 bridgehead atoms. The van der Waals surface area contributed by atoms with Gasteiger partial charge >= 0.3 is 6.09 Å². The van der Waals surface area contributed by atoms with Crippen molar-refractivity contribution in [1.29, 1.82) is 5.26 Å². The van der Waals surface area contributed by atoms with Crippen LogP contribution in [0.25, 0.3) is 0 Å². The monoisotopic (exact) mass is 462 g/mol. The molecule has 3 N–H and O–H groups in total. The van der Waals surface area contributed by atoms with Gasteiger partial charge in [0.15, 0.2) is 6.10 Å². The molecule has 34 heavy (non-hydrogen) atoms. The Labute approximate surface area is 197 Å². The van der Waals surface area contributed by atoms with E-state index in [9.17, 15) is 9.90 Å². The number of nitriles is 1. The average Bonchev–Trinajstić information content (AvgIpc) is 2.87. The summed E-state index contributed by atoms with van der Waals surface area (Å²) in [6, 6.07) is 24.4. The fourth-order valence-corrected chi connectivity index (χ4v) is 3.24. The summed E-state index contributed by atoms with van der Waals surface area (Å²) < 4.78 is 17.3. The van der Waals surface area contributed by atoms with Crippen LogP contribution in [-0.2, 0) is 4.74 Å². The highest BCUT2D eigenvalue weighted by Crippen LogP contribution is 2.29. The molecule has 2 atom stereocenters. The van der Waals surface area contributed by atoms with E-state index < -0.39 is 18.3 Å². The first-order valence-corrected chi connectivity index (χ1v) is 10.8. The number of amides is 1. The molecule has 3 aromatic carbocycles. The summed E-state index contributed by atoms with van der Waals surface area (Å²) in [4.78, 5) is 12.8. The van der Waals surface area contributed by atoms with Crippen molar-refractivity contribution in [2.75, 3.05) is 25.1 Å². The Hall–Kier alpha value is -4.06. The number of hydrogen-bond acceptors (Lipinski definition) is 7. The lowest BCUT2D eigenvalue weighted by Gasteiger charge is -2.28. The molecular formula is C26H26N2O6. The Morgan fingerprint density at radius 1 is 0.912 bits per heavy atom. The van der Waals surface area contributed by atoms with Crippen LogP contribution in [0.1, 0.15) is 23.7 Å². The van der Waals surface area contributed by atoms with Crippen molar-refractivity contribution in [3.8, 4) is 17.6 Å². The van der Waals surface area contributed by atoms with Gasteiger partial charge in [0.1, 0.15) is 24.2 Å². The van der Waals surface area contributed by atoms with Crippen molar-refractivity contribution >= 4 is 11.8 Å². The van der Waals surface area contributed by atoms with Crippen LogP contribution >= 0.6 is 0 Å². The van der Waals surface area contributed by atoms with Gasteiger partial charge in [0, 0.05) is 18.7 Å². The molecule has 3 aromatic rings. The number of aliphatic hydroxyl groups excluding tert-OH is 2. The van der Waals surface area contributed by atoms with Crippen LogP contribution in [0.15, 0.2) is 78.9 Å². The molecule has 0 spiro atoms. The summed E-state index contributed by atoms with van der Waals surface area (Å²) in [6.07, 6.45) is -2.03. The maximum absolute atomic E-state index is 12.8. The molecule has 0 unspecified atom stereocenters. The van der Waals surface area contributed by atoms with Crippen molar-refractivity contribution in [3.63, 3.8) is 0 Å². The maximum Gasteiger partial charge on any atom is 0.412 e. The van der Waals surface area contributed by atoms with E-state index in [1.165, 1.54) is 0 Å². The molecule has 1 amide bonds. The average molecular weight is 463 g/mol. The predicted octanol–water partition coefficient (Wildman–Crippen LogP) is 4.05. The lowest BCUT2D eigenvalue weighted by atomic mass is 10.0. The summed E-state index contributed by atoms with van der Waals surface area (Å²) in [5.74, 6) is 1.13. The number of hydrogen-bond donors (Lipinski definition) is 3. The molecule has 0 heterocycles. The number of nitrogens with one attached hydrogen (secondary N) is 1. The Morgan fingerprint density at radius 2 is 1.62 bits per heavy atom. The molecule has 176 valence electrons. The van der Waals surface area contributed by atoms with Crippen molar-refractivity contribution in [1.82, 2.24) is 0 Å². The second-order valence-corrected chi connectivity index (χ2v) is 7.26. The van der Waals surface area contributed by atoms with Crippen molar-refractivity contribution in [2.24, 2.45) is 0 Å². The van der Waals surface area contributed by atoms with Crippen molar-refractivity contribution < 1.29 is 29.2 Å². The van der Waals surface area contributed by atoms with Gasteiger partial charge in [-0.25, -0.2) is 4.79 Å². The number of benzene rings is 3. The van der Waals surface area contributed by atoms with Gasteiger partial charge in [-0.15, -0.1) is 0 Å². The third-order valence-electron chi connectivity index (χ3n) is 4.85. The molecule has 0 aliphatic carbocycles. The SMILES string of the molecule is N#Cc1ccc(NC(=O)O[C@@H](c2ccc(OCCO)cc2)[C@H](CCO)Oc2ccccc2)cc1. The number of ether oxygens (including phenoxy) is 3. The van der Waals surface area contributed by atoms with Gasteiger partial charge in [-0.05, 0) is 54.1 Å². The predicted molar refractivity (Wildman–Crippen MR) is 126 cm³/mol. The summed E-state index contributed by atoms with van der Waals surface area (Å²) >= 11 is 0. The van der Waals surface area contributed by atoms with Gasteiger partial charge in [-0.1, -0.05) is 30.3 Å². The second kappa shape index (κ2) is 12.8. The molecule has 0 fully saturated rings. The van der Waals surface area contributed by atoms with Gasteiger partial charge in [-0.3, -0.25) is 5.32 Å². The molecule has 0 aliphatic rings. The Kier molecular flexibility index (Phi) is 9.29. The van der Waals surface area contributed by atoms with E-state index in [0.29, 0.717) is 28.3 Å². The second-order valence-electron chi connectivity index (χ2n) is 7.26. The zero-order valence-electron chi connectivity index (χ0n) is 18.5. The number of aliphatic hydroxyl groups is 2. The normalized spacial score (nSPS) is 12.1. The molecule has 0 radical (unpaired) electrons. The Morgan fingerprint density at radius 3 is 2.24 bits per heavy atom. The largest absolute Gasteiger partial charge is 0.491 e. The van der Waals surface area contributed by atoms with Crippen LogP contribution in [0.5, 0.6) is 11.5 Å². The minimum absolute atomic E-state index is 0.105. The number of nitrogens with zero attached hydrogens (tertiary/aromatic N) is 1. The molecule has 0 saturated carbocycles. The number of anilines is 1. The zero-order valence-corrected chi connectivity index (χ0v) is 18.5. The van der Waals surface area contributed by atoms with Gasteiger partial charge in [0.05, 0.1) is 18.2 Å². The van der Waals surface area contributed by atoms with Crippen LogP contribution in [0.2, 0.25) is 0 Å². The highest BCUT2D eigenvalue weighted by atomic mass is 16.6. The summed E-state index contributed by atoms with van der Waals surface area (Å²) in [5.41, 5.74) is 1.58. The highest BCUT2D eigenvalue weighted by Gasteiger charge is 2.29. The first kappa shape index (κ1) is 24.6. The lowest BCUT2D eigenvalue weighted by molar-refractivity contribution is 0.00906. The van der Waals surface area contributed by atoms with E-state index in [-0.39, 0.29) is 26.2 Å². The zero-order chi connectivity index (χ0) is 24.2.